The van der Waals surface area contributed by atoms with E-state index < -0.39 is 0 Å². The van der Waals surface area contributed by atoms with Gasteiger partial charge in [0.2, 0.25) is 5.91 Å². The Labute approximate surface area is 143 Å². The van der Waals surface area contributed by atoms with Gasteiger partial charge in [0.25, 0.3) is 0 Å². The number of carbonyl (C=O) groups excluding carboxylic acids is 2. The molecule has 7 heteroatoms. The maximum atomic E-state index is 12.1. The highest BCUT2D eigenvalue weighted by Gasteiger charge is 2.20. The van der Waals surface area contributed by atoms with Gasteiger partial charge < -0.3 is 15.7 Å². The molecule has 0 bridgehead atoms. The minimum Gasteiger partial charge on any atom is -0.507 e. The average molecular weight is 345 g/mol. The van der Waals surface area contributed by atoms with Gasteiger partial charge in [-0.1, -0.05) is 6.07 Å². The van der Waals surface area contributed by atoms with Crippen LogP contribution < -0.4 is 10.6 Å². The first-order valence-electron chi connectivity index (χ1n) is 7.89. The lowest BCUT2D eigenvalue weighted by atomic mass is 9.97. The number of phenols is 1. The van der Waals surface area contributed by atoms with E-state index in [4.69, 9.17) is 0 Å². The van der Waals surface area contributed by atoms with Gasteiger partial charge >= 0.3 is 0 Å². The number of carbonyl (C=O) groups is 2. The summed E-state index contributed by atoms with van der Waals surface area (Å²) in [5.41, 5.74) is 1.06. The van der Waals surface area contributed by atoms with Crippen LogP contribution in [0.15, 0.2) is 24.4 Å². The molecule has 1 aliphatic heterocycles. The van der Waals surface area contributed by atoms with Gasteiger partial charge in [0.15, 0.2) is 6.29 Å². The number of hydrogen-bond acceptors (Lipinski definition) is 6. The van der Waals surface area contributed by atoms with Gasteiger partial charge in [0.05, 0.1) is 17.0 Å². The number of aromatic hydroxyl groups is 1. The van der Waals surface area contributed by atoms with Crippen molar-refractivity contribution in [3.8, 4) is 16.2 Å². The number of nitrogens with zero attached hydrogens (tertiary/aromatic N) is 1. The number of rotatable bonds is 5. The molecule has 0 spiro atoms. The third-order valence-corrected chi connectivity index (χ3v) is 5.17. The number of benzene rings is 1. The summed E-state index contributed by atoms with van der Waals surface area (Å²) >= 11 is 1.46. The third kappa shape index (κ3) is 3.80. The predicted molar refractivity (Wildman–Crippen MR) is 92.0 cm³/mol. The topological polar surface area (TPSA) is 91.3 Å². The van der Waals surface area contributed by atoms with Gasteiger partial charge in [-0.3, -0.25) is 9.59 Å². The summed E-state index contributed by atoms with van der Waals surface area (Å²) in [5, 5.41) is 16.8. The summed E-state index contributed by atoms with van der Waals surface area (Å²) in [6.07, 6.45) is 4.08. The molecule has 0 aliphatic carbocycles. The molecule has 3 rings (SSSR count). The highest BCUT2D eigenvalue weighted by Crippen LogP contribution is 2.30. The normalized spacial score (nSPS) is 15.2. The minimum atomic E-state index is -0.0448. The zero-order chi connectivity index (χ0) is 16.9. The van der Waals surface area contributed by atoms with E-state index in [9.17, 15) is 14.7 Å². The van der Waals surface area contributed by atoms with E-state index in [2.05, 4.69) is 15.6 Å². The number of nitrogens with one attached hydrogen (secondary N) is 2. The SMILES string of the molecule is O=Cc1ccc(-c2cnc(CNC(=O)C3CCNCC3)s2)cc1O. The van der Waals surface area contributed by atoms with E-state index in [1.165, 1.54) is 11.3 Å². The van der Waals surface area contributed by atoms with Gasteiger partial charge in [0, 0.05) is 12.1 Å². The van der Waals surface area contributed by atoms with Crippen LogP contribution in [-0.2, 0) is 11.3 Å². The molecule has 0 saturated carbocycles. The number of amides is 1. The van der Waals surface area contributed by atoms with Crippen molar-refractivity contribution in [2.24, 2.45) is 5.92 Å². The number of aromatic nitrogens is 1. The molecular formula is C17H19N3O3S. The number of hydrogen-bond donors (Lipinski definition) is 3. The van der Waals surface area contributed by atoms with Crippen LogP contribution >= 0.6 is 11.3 Å². The Morgan fingerprint density at radius 3 is 2.92 bits per heavy atom. The summed E-state index contributed by atoms with van der Waals surface area (Å²) in [4.78, 5) is 28.1. The summed E-state index contributed by atoms with van der Waals surface area (Å²) in [6, 6.07) is 4.90. The van der Waals surface area contributed by atoms with Gasteiger partial charge in [-0.05, 0) is 43.6 Å². The molecule has 0 unspecified atom stereocenters. The van der Waals surface area contributed by atoms with Crippen molar-refractivity contribution in [1.82, 2.24) is 15.6 Å². The number of aldehydes is 1. The van der Waals surface area contributed by atoms with E-state index in [0.29, 0.717) is 12.8 Å². The second kappa shape index (κ2) is 7.55. The maximum absolute atomic E-state index is 12.1. The van der Waals surface area contributed by atoms with Gasteiger partial charge in [-0.25, -0.2) is 4.98 Å². The van der Waals surface area contributed by atoms with Crippen LogP contribution in [-0.4, -0.2) is 35.4 Å². The molecule has 1 aliphatic rings. The molecule has 3 N–H and O–H groups in total. The van der Waals surface area contributed by atoms with Crippen LogP contribution in [0.1, 0.15) is 28.2 Å². The quantitative estimate of drug-likeness (QED) is 0.721. The molecule has 2 heterocycles. The fourth-order valence-corrected chi connectivity index (χ4v) is 3.57. The molecule has 2 aromatic rings. The number of piperidine rings is 1. The summed E-state index contributed by atoms with van der Waals surface area (Å²) in [7, 11) is 0. The van der Waals surface area contributed by atoms with E-state index >= 15 is 0 Å². The second-order valence-electron chi connectivity index (χ2n) is 5.75. The largest absolute Gasteiger partial charge is 0.507 e. The highest BCUT2D eigenvalue weighted by molar-refractivity contribution is 7.15. The van der Waals surface area contributed by atoms with Crippen molar-refractivity contribution in [3.63, 3.8) is 0 Å². The van der Waals surface area contributed by atoms with Crippen LogP contribution in [0.4, 0.5) is 0 Å². The van der Waals surface area contributed by atoms with Crippen LogP contribution in [0, 0.1) is 5.92 Å². The summed E-state index contributed by atoms with van der Waals surface area (Å²) in [6.45, 7) is 2.19. The average Bonchev–Trinajstić information content (AvgIpc) is 3.09. The smallest absolute Gasteiger partial charge is 0.223 e. The first kappa shape index (κ1) is 16.6. The summed E-state index contributed by atoms with van der Waals surface area (Å²) in [5.74, 6) is 0.122. The first-order chi connectivity index (χ1) is 11.7. The molecular weight excluding hydrogens is 326 g/mol. The van der Waals surface area contributed by atoms with Crippen LogP contribution in [0.2, 0.25) is 0 Å². The van der Waals surface area contributed by atoms with E-state index in [1.807, 2.05) is 0 Å². The molecule has 1 saturated heterocycles. The standard InChI is InChI=1S/C17H19N3O3S/c21-10-13-2-1-12(7-14(13)22)15-8-19-16(24-15)9-20-17(23)11-3-5-18-6-4-11/h1-2,7-8,10-11,18,22H,3-6,9H2,(H,20,23). The Morgan fingerprint density at radius 2 is 2.21 bits per heavy atom. The molecule has 126 valence electrons. The molecule has 1 amide bonds. The summed E-state index contributed by atoms with van der Waals surface area (Å²) < 4.78 is 0. The lowest BCUT2D eigenvalue weighted by Gasteiger charge is -2.21. The van der Waals surface area contributed by atoms with Crippen molar-refractivity contribution in [2.75, 3.05) is 13.1 Å². The van der Waals surface area contributed by atoms with Crippen molar-refractivity contribution in [1.29, 1.82) is 0 Å². The maximum Gasteiger partial charge on any atom is 0.223 e. The number of thiazole rings is 1. The van der Waals surface area contributed by atoms with Crippen LogP contribution in [0.5, 0.6) is 5.75 Å². The van der Waals surface area contributed by atoms with Crippen LogP contribution in [0.25, 0.3) is 10.4 Å². The monoisotopic (exact) mass is 345 g/mol. The lowest BCUT2D eigenvalue weighted by molar-refractivity contribution is -0.125. The molecule has 1 aromatic carbocycles. The Balaban J connectivity index is 1.62. The van der Waals surface area contributed by atoms with Gasteiger partial charge in [0.1, 0.15) is 10.8 Å². The minimum absolute atomic E-state index is 0.0448. The third-order valence-electron chi connectivity index (χ3n) is 4.12. The van der Waals surface area contributed by atoms with Crippen molar-refractivity contribution >= 4 is 23.5 Å². The van der Waals surface area contributed by atoms with E-state index in [-0.39, 0.29) is 23.1 Å². The molecule has 1 fully saturated rings. The predicted octanol–water partition coefficient (Wildman–Crippen LogP) is 1.94. The molecule has 24 heavy (non-hydrogen) atoms. The van der Waals surface area contributed by atoms with Crippen molar-refractivity contribution in [2.45, 2.75) is 19.4 Å². The molecule has 1 aromatic heterocycles. The lowest BCUT2D eigenvalue weighted by Crippen LogP contribution is -2.37. The van der Waals surface area contributed by atoms with E-state index in [1.54, 1.807) is 24.4 Å². The Bertz CT molecular complexity index is 738. The van der Waals surface area contributed by atoms with Crippen molar-refractivity contribution < 1.29 is 14.7 Å². The number of phenolic OH excluding ortho intramolecular Hbond substituents is 1. The van der Waals surface area contributed by atoms with Crippen LogP contribution in [0.3, 0.4) is 0 Å². The highest BCUT2D eigenvalue weighted by atomic mass is 32.1. The second-order valence-corrected chi connectivity index (χ2v) is 6.87. The Kier molecular flexibility index (Phi) is 5.22. The van der Waals surface area contributed by atoms with Gasteiger partial charge in [-0.15, -0.1) is 11.3 Å². The van der Waals surface area contributed by atoms with E-state index in [0.717, 1.165) is 41.4 Å². The molecule has 6 nitrogen and oxygen atoms in total. The van der Waals surface area contributed by atoms with Crippen molar-refractivity contribution in [3.05, 3.63) is 35.0 Å². The zero-order valence-electron chi connectivity index (χ0n) is 13.1. The first-order valence-corrected chi connectivity index (χ1v) is 8.70. The molecule has 0 atom stereocenters. The zero-order valence-corrected chi connectivity index (χ0v) is 13.9. The Morgan fingerprint density at radius 1 is 1.42 bits per heavy atom. The fourth-order valence-electron chi connectivity index (χ4n) is 2.71. The molecule has 0 radical (unpaired) electrons. The van der Waals surface area contributed by atoms with Gasteiger partial charge in [-0.2, -0.15) is 0 Å². The Hall–Kier alpha value is -2.25. The fraction of sp³-hybridized carbons (Fsp3) is 0.353.